The number of aliphatic hydroxyl groups excluding tert-OH is 1. The molecule has 0 aromatic heterocycles. The van der Waals surface area contributed by atoms with E-state index in [1.165, 1.54) is 5.56 Å². The van der Waals surface area contributed by atoms with Gasteiger partial charge in [-0.25, -0.2) is 0 Å². The number of fused-ring (bicyclic) bond motifs is 3. The van der Waals surface area contributed by atoms with Gasteiger partial charge in [-0.3, -0.25) is 9.69 Å². The third kappa shape index (κ3) is 3.40. The van der Waals surface area contributed by atoms with Crippen molar-refractivity contribution in [1.82, 2.24) is 4.90 Å². The highest BCUT2D eigenvalue weighted by Crippen LogP contribution is 2.48. The quantitative estimate of drug-likeness (QED) is 0.692. The van der Waals surface area contributed by atoms with Gasteiger partial charge in [-0.15, -0.1) is 0 Å². The molecule has 0 unspecified atom stereocenters. The third-order valence-corrected chi connectivity index (χ3v) is 6.61. The van der Waals surface area contributed by atoms with Crippen LogP contribution in [-0.2, 0) is 6.54 Å². The van der Waals surface area contributed by atoms with Gasteiger partial charge in [-0.05, 0) is 41.5 Å². The number of benzene rings is 3. The molecule has 3 aromatic rings. The molecule has 158 valence electrons. The lowest BCUT2D eigenvalue weighted by Crippen LogP contribution is -2.68. The standard InChI is InChI=1S/C26H26N2O3/c1-31-20-13-11-19(12-14-20)26(30)28-16-23-25(21-9-5-6-10-22(21)28)24(17-29)27(23)15-18-7-3-2-4-8-18/h2-14,23-25,29H,15-17H2,1H3/t23-,24+,25+/m0/s1. The van der Waals surface area contributed by atoms with Gasteiger partial charge in [0.05, 0.1) is 13.7 Å². The van der Waals surface area contributed by atoms with Crippen molar-refractivity contribution >= 4 is 11.6 Å². The molecule has 31 heavy (non-hydrogen) atoms. The molecule has 1 saturated heterocycles. The van der Waals surface area contributed by atoms with Crippen molar-refractivity contribution in [3.63, 3.8) is 0 Å². The minimum Gasteiger partial charge on any atom is -0.497 e. The number of aliphatic hydroxyl groups is 1. The highest BCUT2D eigenvalue weighted by atomic mass is 16.5. The molecular weight excluding hydrogens is 388 g/mol. The Morgan fingerprint density at radius 2 is 1.71 bits per heavy atom. The van der Waals surface area contributed by atoms with Crippen LogP contribution in [0.15, 0.2) is 78.9 Å². The van der Waals surface area contributed by atoms with Crippen molar-refractivity contribution in [2.24, 2.45) is 0 Å². The van der Waals surface area contributed by atoms with Crippen LogP contribution in [0.3, 0.4) is 0 Å². The van der Waals surface area contributed by atoms with E-state index in [0.717, 1.165) is 23.5 Å². The Morgan fingerprint density at radius 1 is 1.00 bits per heavy atom. The van der Waals surface area contributed by atoms with E-state index >= 15 is 0 Å². The number of hydrogen-bond donors (Lipinski definition) is 1. The molecule has 5 nitrogen and oxygen atoms in total. The number of anilines is 1. The Kier molecular flexibility index (Phi) is 5.22. The third-order valence-electron chi connectivity index (χ3n) is 6.61. The normalized spacial score (nSPS) is 22.3. The second-order valence-corrected chi connectivity index (χ2v) is 8.20. The first-order valence-electron chi connectivity index (χ1n) is 10.7. The smallest absolute Gasteiger partial charge is 0.258 e. The van der Waals surface area contributed by atoms with E-state index in [4.69, 9.17) is 4.74 Å². The number of ether oxygens (including phenoxy) is 1. The molecule has 0 bridgehead atoms. The van der Waals surface area contributed by atoms with Gasteiger partial charge in [0.2, 0.25) is 0 Å². The first-order valence-corrected chi connectivity index (χ1v) is 10.7. The summed E-state index contributed by atoms with van der Waals surface area (Å²) in [5.41, 5.74) is 3.94. The Hall–Kier alpha value is -3.15. The molecule has 1 N–H and O–H groups in total. The second-order valence-electron chi connectivity index (χ2n) is 8.20. The average Bonchev–Trinajstić information content (AvgIpc) is 2.83. The van der Waals surface area contributed by atoms with Gasteiger partial charge in [0.1, 0.15) is 5.75 Å². The minimum atomic E-state index is -0.0133. The number of hydrogen-bond acceptors (Lipinski definition) is 4. The van der Waals surface area contributed by atoms with Gasteiger partial charge in [0.15, 0.2) is 0 Å². The molecule has 0 aliphatic carbocycles. The van der Waals surface area contributed by atoms with E-state index < -0.39 is 0 Å². The number of carbonyl (C=O) groups excluding carboxylic acids is 1. The highest BCUT2D eigenvalue weighted by molar-refractivity contribution is 6.07. The lowest BCUT2D eigenvalue weighted by atomic mass is 9.71. The second kappa shape index (κ2) is 8.17. The molecule has 5 rings (SSSR count). The maximum atomic E-state index is 13.5. The molecule has 0 saturated carbocycles. The van der Waals surface area contributed by atoms with Crippen molar-refractivity contribution in [2.75, 3.05) is 25.2 Å². The summed E-state index contributed by atoms with van der Waals surface area (Å²) in [5, 5.41) is 10.2. The van der Waals surface area contributed by atoms with Crippen LogP contribution in [0.25, 0.3) is 0 Å². The number of amides is 1. The lowest BCUT2D eigenvalue weighted by Gasteiger charge is -2.59. The van der Waals surface area contributed by atoms with Crippen LogP contribution >= 0.6 is 0 Å². The number of carbonyl (C=O) groups is 1. The summed E-state index contributed by atoms with van der Waals surface area (Å²) in [4.78, 5) is 17.7. The largest absolute Gasteiger partial charge is 0.497 e. The van der Waals surface area contributed by atoms with Crippen molar-refractivity contribution in [3.8, 4) is 5.75 Å². The van der Waals surface area contributed by atoms with Crippen LogP contribution in [0.2, 0.25) is 0 Å². The molecule has 0 spiro atoms. The predicted octanol–water partition coefficient (Wildman–Crippen LogP) is 3.68. The number of nitrogens with zero attached hydrogens (tertiary/aromatic N) is 2. The van der Waals surface area contributed by atoms with E-state index in [1.54, 1.807) is 7.11 Å². The minimum absolute atomic E-state index is 0.0133. The van der Waals surface area contributed by atoms with Crippen LogP contribution in [0.5, 0.6) is 5.75 Å². The van der Waals surface area contributed by atoms with Gasteiger partial charge in [-0.1, -0.05) is 48.5 Å². The summed E-state index contributed by atoms with van der Waals surface area (Å²) < 4.78 is 5.23. The number of para-hydroxylation sites is 1. The van der Waals surface area contributed by atoms with E-state index in [0.29, 0.717) is 12.1 Å². The zero-order chi connectivity index (χ0) is 21.4. The maximum absolute atomic E-state index is 13.5. The molecule has 2 aliphatic rings. The van der Waals surface area contributed by atoms with Crippen molar-refractivity contribution in [1.29, 1.82) is 0 Å². The van der Waals surface area contributed by atoms with Crippen LogP contribution in [0.1, 0.15) is 27.4 Å². The molecule has 1 fully saturated rings. The Labute approximate surface area is 182 Å². The molecule has 2 aliphatic heterocycles. The van der Waals surface area contributed by atoms with Crippen molar-refractivity contribution in [2.45, 2.75) is 24.5 Å². The number of methoxy groups -OCH3 is 1. The van der Waals surface area contributed by atoms with Crippen molar-refractivity contribution < 1.29 is 14.6 Å². The Morgan fingerprint density at radius 3 is 2.42 bits per heavy atom. The molecule has 5 heteroatoms. The SMILES string of the molecule is COc1ccc(C(=O)N2C[C@H]3[C@@H](c4ccccc42)[C@@H](CO)N3Cc2ccccc2)cc1. The molecular formula is C26H26N2O3. The summed E-state index contributed by atoms with van der Waals surface area (Å²) in [6.45, 7) is 1.48. The van der Waals surface area contributed by atoms with E-state index in [1.807, 2.05) is 65.6 Å². The van der Waals surface area contributed by atoms with Crippen LogP contribution in [-0.4, -0.2) is 48.3 Å². The Bertz CT molecular complexity index is 1070. The monoisotopic (exact) mass is 414 g/mol. The van der Waals surface area contributed by atoms with Crippen molar-refractivity contribution in [3.05, 3.63) is 95.6 Å². The fourth-order valence-corrected chi connectivity index (χ4v) is 5.08. The van der Waals surface area contributed by atoms with E-state index in [2.05, 4.69) is 23.1 Å². The fourth-order valence-electron chi connectivity index (χ4n) is 5.08. The molecule has 2 heterocycles. The van der Waals surface area contributed by atoms with Gasteiger partial charge in [0, 0.05) is 42.3 Å². The summed E-state index contributed by atoms with van der Waals surface area (Å²) in [7, 11) is 1.62. The number of likely N-dealkylation sites (tertiary alicyclic amines) is 1. The van der Waals surface area contributed by atoms with Gasteiger partial charge >= 0.3 is 0 Å². The zero-order valence-corrected chi connectivity index (χ0v) is 17.5. The topological polar surface area (TPSA) is 53.0 Å². The van der Waals surface area contributed by atoms with Gasteiger partial charge in [0.25, 0.3) is 5.91 Å². The number of rotatable bonds is 5. The predicted molar refractivity (Wildman–Crippen MR) is 121 cm³/mol. The molecule has 0 radical (unpaired) electrons. The average molecular weight is 415 g/mol. The summed E-state index contributed by atoms with van der Waals surface area (Å²) >= 11 is 0. The van der Waals surface area contributed by atoms with Gasteiger partial charge < -0.3 is 14.7 Å². The van der Waals surface area contributed by atoms with Crippen LogP contribution in [0.4, 0.5) is 5.69 Å². The highest BCUT2D eigenvalue weighted by Gasteiger charge is 2.53. The van der Waals surface area contributed by atoms with Crippen LogP contribution in [0, 0.1) is 0 Å². The van der Waals surface area contributed by atoms with E-state index in [9.17, 15) is 9.90 Å². The summed E-state index contributed by atoms with van der Waals surface area (Å²) in [6.07, 6.45) is 0. The first kappa shape index (κ1) is 19.8. The Balaban J connectivity index is 1.47. The molecule has 3 atom stereocenters. The van der Waals surface area contributed by atoms with Gasteiger partial charge in [-0.2, -0.15) is 0 Å². The first-order chi connectivity index (χ1) is 15.2. The molecule has 1 amide bonds. The fraction of sp³-hybridized carbons (Fsp3) is 0.269. The van der Waals surface area contributed by atoms with E-state index in [-0.39, 0.29) is 30.5 Å². The zero-order valence-electron chi connectivity index (χ0n) is 17.5. The maximum Gasteiger partial charge on any atom is 0.258 e. The summed E-state index contributed by atoms with van der Waals surface area (Å²) in [5.74, 6) is 0.944. The lowest BCUT2D eigenvalue weighted by molar-refractivity contribution is -0.0488. The van der Waals surface area contributed by atoms with Crippen LogP contribution < -0.4 is 9.64 Å². The summed E-state index contributed by atoms with van der Waals surface area (Å²) in [6, 6.07) is 25.9. The molecule has 3 aromatic carbocycles.